The molecule has 2 aliphatic heterocycles. The van der Waals surface area contributed by atoms with Crippen molar-refractivity contribution in [3.63, 3.8) is 0 Å². The molecule has 0 aromatic heterocycles. The lowest BCUT2D eigenvalue weighted by molar-refractivity contribution is -0.137. The highest BCUT2D eigenvalue weighted by molar-refractivity contribution is 8.01. The monoisotopic (exact) mass is 402 g/mol. The van der Waals surface area contributed by atoms with Crippen molar-refractivity contribution in [3.05, 3.63) is 48.0 Å². The number of carbonyl (C=O) groups is 1. The number of unbranched alkanes of at least 4 members (excludes halogenated alkanes) is 2. The molecule has 1 aromatic rings. The number of carboxylic acids is 1. The number of carboxylic acid groups (broad SMARTS) is 1. The van der Waals surface area contributed by atoms with E-state index in [9.17, 15) is 4.79 Å². The van der Waals surface area contributed by atoms with Crippen molar-refractivity contribution in [2.45, 2.75) is 74.9 Å². The highest BCUT2D eigenvalue weighted by atomic mass is 32.2. The summed E-state index contributed by atoms with van der Waals surface area (Å²) in [6, 6.07) is 10.4. The Bertz CT molecular complexity index is 616. The molecule has 0 spiro atoms. The Labute approximate surface area is 173 Å². The number of rotatable bonds is 13. The Balaban J connectivity index is 1.31. The van der Waals surface area contributed by atoms with E-state index in [0.717, 1.165) is 54.8 Å². The van der Waals surface area contributed by atoms with Crippen LogP contribution in [-0.4, -0.2) is 28.2 Å². The van der Waals surface area contributed by atoms with Crippen LogP contribution in [0.5, 0.6) is 0 Å². The van der Waals surface area contributed by atoms with Crippen LogP contribution in [0.2, 0.25) is 0 Å². The quantitative estimate of drug-likeness (QED) is 0.320. The van der Waals surface area contributed by atoms with Gasteiger partial charge in [-0.2, -0.15) is 11.8 Å². The fourth-order valence-electron chi connectivity index (χ4n) is 4.69. The molecule has 2 bridgehead atoms. The van der Waals surface area contributed by atoms with Gasteiger partial charge in [-0.05, 0) is 62.3 Å². The van der Waals surface area contributed by atoms with Crippen molar-refractivity contribution in [2.75, 3.05) is 6.61 Å². The average molecular weight is 403 g/mol. The number of ether oxygens (including phenoxy) is 1. The second-order valence-electron chi connectivity index (χ2n) is 8.15. The molecule has 3 nitrogen and oxygen atoms in total. The molecule has 0 amide bonds. The minimum atomic E-state index is -0.689. The van der Waals surface area contributed by atoms with Crippen molar-refractivity contribution in [3.8, 4) is 0 Å². The van der Waals surface area contributed by atoms with Crippen LogP contribution < -0.4 is 0 Å². The molecule has 154 valence electrons. The van der Waals surface area contributed by atoms with Gasteiger partial charge in [0.2, 0.25) is 0 Å². The maximum atomic E-state index is 10.6. The van der Waals surface area contributed by atoms with Crippen LogP contribution in [0.4, 0.5) is 0 Å². The zero-order valence-electron chi connectivity index (χ0n) is 16.8. The number of hydrogen-bond donors (Lipinski definition) is 1. The first kappa shape index (κ1) is 21.4. The zero-order valence-corrected chi connectivity index (χ0v) is 17.6. The maximum Gasteiger partial charge on any atom is 0.303 e. The molecule has 2 saturated heterocycles. The third-order valence-corrected chi connectivity index (χ3v) is 7.98. The highest BCUT2D eigenvalue weighted by Crippen LogP contribution is 2.55. The van der Waals surface area contributed by atoms with Gasteiger partial charge in [-0.3, -0.25) is 4.79 Å². The Kier molecular flexibility index (Phi) is 8.94. The Morgan fingerprint density at radius 3 is 2.64 bits per heavy atom. The first-order valence-electron chi connectivity index (χ1n) is 10.9. The molecule has 0 saturated carbocycles. The predicted octanol–water partition coefficient (Wildman–Crippen LogP) is 6.08. The number of fused-ring (bicyclic) bond motifs is 2. The minimum Gasteiger partial charge on any atom is -0.481 e. The number of allylic oxidation sites excluding steroid dienone is 2. The number of benzene rings is 1. The zero-order chi connectivity index (χ0) is 19.6. The Hall–Kier alpha value is -1.26. The topological polar surface area (TPSA) is 46.5 Å². The van der Waals surface area contributed by atoms with Gasteiger partial charge in [-0.15, -0.1) is 0 Å². The van der Waals surface area contributed by atoms with Gasteiger partial charge in [0.15, 0.2) is 0 Å². The summed E-state index contributed by atoms with van der Waals surface area (Å²) < 4.78 is 5.83. The lowest BCUT2D eigenvalue weighted by atomic mass is 9.75. The summed E-state index contributed by atoms with van der Waals surface area (Å²) in [6.45, 7) is 1.58. The molecule has 2 aliphatic rings. The van der Waals surface area contributed by atoms with E-state index in [2.05, 4.69) is 48.2 Å². The smallest absolute Gasteiger partial charge is 0.303 e. The van der Waals surface area contributed by atoms with E-state index in [1.54, 1.807) is 0 Å². The molecular weight excluding hydrogens is 368 g/mol. The molecule has 4 heteroatoms. The largest absolute Gasteiger partial charge is 0.481 e. The van der Waals surface area contributed by atoms with E-state index in [0.29, 0.717) is 0 Å². The van der Waals surface area contributed by atoms with Crippen LogP contribution in [0.3, 0.4) is 0 Å². The van der Waals surface area contributed by atoms with E-state index in [-0.39, 0.29) is 6.42 Å². The van der Waals surface area contributed by atoms with Crippen molar-refractivity contribution in [1.82, 2.24) is 0 Å². The first-order valence-corrected chi connectivity index (χ1v) is 11.8. The van der Waals surface area contributed by atoms with Crippen LogP contribution in [-0.2, 0) is 16.1 Å². The fourth-order valence-corrected chi connectivity index (χ4v) is 6.74. The second kappa shape index (κ2) is 11.7. The molecule has 1 N–H and O–H groups in total. The van der Waals surface area contributed by atoms with Crippen LogP contribution in [0.15, 0.2) is 42.5 Å². The van der Waals surface area contributed by atoms with Crippen molar-refractivity contribution < 1.29 is 14.6 Å². The van der Waals surface area contributed by atoms with Gasteiger partial charge >= 0.3 is 5.97 Å². The molecule has 0 radical (unpaired) electrons. The van der Waals surface area contributed by atoms with Crippen LogP contribution in [0.25, 0.3) is 0 Å². The van der Waals surface area contributed by atoms with Crippen LogP contribution in [0.1, 0.15) is 63.4 Å². The van der Waals surface area contributed by atoms with E-state index >= 15 is 0 Å². The average Bonchev–Trinajstić information content (AvgIpc) is 3.30. The lowest BCUT2D eigenvalue weighted by Gasteiger charge is -2.29. The van der Waals surface area contributed by atoms with Crippen molar-refractivity contribution >= 4 is 17.7 Å². The second-order valence-corrected chi connectivity index (χ2v) is 9.63. The predicted molar refractivity (Wildman–Crippen MR) is 117 cm³/mol. The minimum absolute atomic E-state index is 0.281. The molecule has 3 rings (SSSR count). The molecule has 4 atom stereocenters. The number of hydrogen-bond acceptors (Lipinski definition) is 3. The summed E-state index contributed by atoms with van der Waals surface area (Å²) in [7, 11) is 0. The molecular formula is C24H34O3S. The first-order chi connectivity index (χ1) is 13.7. The van der Waals surface area contributed by atoms with Gasteiger partial charge in [-0.1, -0.05) is 48.9 Å². The normalized spacial score (nSPS) is 26.3. The third kappa shape index (κ3) is 6.66. The van der Waals surface area contributed by atoms with Gasteiger partial charge in [0.1, 0.15) is 0 Å². The Morgan fingerprint density at radius 2 is 1.86 bits per heavy atom. The highest BCUT2D eigenvalue weighted by Gasteiger charge is 2.46. The summed E-state index contributed by atoms with van der Waals surface area (Å²) in [5.41, 5.74) is 1.25. The molecule has 0 unspecified atom stereocenters. The standard InChI is InChI=1S/C24H34O3S/c25-24(26)14-7-2-1-6-12-20-21(23-16-15-22(20)28-23)13-8-9-17-27-18-19-10-4-3-5-11-19/h1,3-6,10-11,20-23H,2,7-9,12-18H2,(H,25,26)/b6-1-/t20-,21+,22-,23+/m1/s1. The van der Waals surface area contributed by atoms with Crippen LogP contribution in [0, 0.1) is 11.8 Å². The molecule has 2 fully saturated rings. The van der Waals surface area contributed by atoms with Gasteiger partial charge in [-0.25, -0.2) is 0 Å². The van der Waals surface area contributed by atoms with Gasteiger partial charge in [0.05, 0.1) is 6.61 Å². The molecule has 2 heterocycles. The lowest BCUT2D eigenvalue weighted by Crippen LogP contribution is -2.26. The summed E-state index contributed by atoms with van der Waals surface area (Å²) in [4.78, 5) is 10.6. The number of thioether (sulfide) groups is 1. The van der Waals surface area contributed by atoms with E-state index in [4.69, 9.17) is 9.84 Å². The summed E-state index contributed by atoms with van der Waals surface area (Å²) >= 11 is 2.24. The Morgan fingerprint density at radius 1 is 1.07 bits per heavy atom. The van der Waals surface area contributed by atoms with Crippen molar-refractivity contribution in [2.24, 2.45) is 11.8 Å². The fraction of sp³-hybridized carbons (Fsp3) is 0.625. The summed E-state index contributed by atoms with van der Waals surface area (Å²) in [6.07, 6.45) is 14.2. The number of aliphatic carboxylic acids is 1. The molecule has 0 aliphatic carbocycles. The summed E-state index contributed by atoms with van der Waals surface area (Å²) in [5.74, 6) is 0.997. The van der Waals surface area contributed by atoms with Crippen LogP contribution >= 0.6 is 11.8 Å². The van der Waals surface area contributed by atoms with Crippen molar-refractivity contribution in [1.29, 1.82) is 0 Å². The maximum absolute atomic E-state index is 10.6. The van der Waals surface area contributed by atoms with Gasteiger partial charge in [0.25, 0.3) is 0 Å². The van der Waals surface area contributed by atoms with Gasteiger partial charge < -0.3 is 9.84 Å². The SMILES string of the molecule is O=C(O)CCC/C=C\C[C@@H]1[C@H](CCCCOCc2ccccc2)[C@@H]2CC[C@H]1S2. The van der Waals surface area contributed by atoms with E-state index < -0.39 is 5.97 Å². The summed E-state index contributed by atoms with van der Waals surface area (Å²) in [5, 5.41) is 10.4. The van der Waals surface area contributed by atoms with Gasteiger partial charge in [0, 0.05) is 23.5 Å². The van der Waals surface area contributed by atoms with E-state index in [1.165, 1.54) is 37.7 Å². The third-order valence-electron chi connectivity index (χ3n) is 6.11. The molecule has 1 aromatic carbocycles. The molecule has 28 heavy (non-hydrogen) atoms. The van der Waals surface area contributed by atoms with E-state index in [1.807, 2.05) is 6.07 Å².